The lowest BCUT2D eigenvalue weighted by atomic mass is 10.1. The molecular weight excluding hydrogens is 283 g/mol. The monoisotopic (exact) mass is 299 g/mol. The fourth-order valence-electron chi connectivity index (χ4n) is 2.02. The van der Waals surface area contributed by atoms with E-state index >= 15 is 0 Å². The highest BCUT2D eigenvalue weighted by Crippen LogP contribution is 2.30. The molecule has 0 fully saturated rings. The molecule has 1 aromatic carbocycles. The lowest BCUT2D eigenvalue weighted by Crippen LogP contribution is -2.13. The Morgan fingerprint density at radius 3 is 2.67 bits per heavy atom. The third-order valence-electron chi connectivity index (χ3n) is 3.10. The number of aliphatic hydroxyl groups excluding tert-OH is 1. The van der Waals surface area contributed by atoms with Crippen molar-refractivity contribution in [1.29, 1.82) is 0 Å². The molecule has 2 N–H and O–H groups in total. The van der Waals surface area contributed by atoms with Gasteiger partial charge in [-0.3, -0.25) is 4.68 Å². The molecule has 0 spiro atoms. The standard InChI is InChI=1S/C14H16F3N3O/c1-9-12(8-20(2)19-9)18-7-13(21)10-4-3-5-11(6-10)14(15,16)17/h3-6,8,13,18,21H,7H2,1-2H3. The van der Waals surface area contributed by atoms with E-state index in [2.05, 4.69) is 10.4 Å². The van der Waals surface area contributed by atoms with E-state index in [1.807, 2.05) is 0 Å². The normalized spacial score (nSPS) is 13.2. The maximum atomic E-state index is 12.6. The molecule has 2 rings (SSSR count). The van der Waals surface area contributed by atoms with Crippen LogP contribution in [0.4, 0.5) is 18.9 Å². The van der Waals surface area contributed by atoms with Crippen LogP contribution in [-0.2, 0) is 13.2 Å². The first-order chi connectivity index (χ1) is 9.77. The number of alkyl halides is 3. The molecule has 0 aliphatic carbocycles. The van der Waals surface area contributed by atoms with Gasteiger partial charge in [-0.2, -0.15) is 18.3 Å². The number of anilines is 1. The van der Waals surface area contributed by atoms with Gasteiger partial charge < -0.3 is 10.4 Å². The minimum Gasteiger partial charge on any atom is -0.387 e. The number of hydrogen-bond acceptors (Lipinski definition) is 3. The van der Waals surface area contributed by atoms with Crippen LogP contribution in [-0.4, -0.2) is 21.4 Å². The zero-order chi connectivity index (χ0) is 15.6. The van der Waals surface area contributed by atoms with Gasteiger partial charge in [0.2, 0.25) is 0 Å². The second-order valence-electron chi connectivity index (χ2n) is 4.82. The Labute approximate surface area is 120 Å². The van der Waals surface area contributed by atoms with Crippen molar-refractivity contribution in [2.45, 2.75) is 19.2 Å². The van der Waals surface area contributed by atoms with Crippen molar-refractivity contribution in [2.75, 3.05) is 11.9 Å². The zero-order valence-corrected chi connectivity index (χ0v) is 11.6. The first kappa shape index (κ1) is 15.4. The Bertz CT molecular complexity index is 622. The predicted octanol–water partition coefficient (Wildman–Crippen LogP) is 2.89. The van der Waals surface area contributed by atoms with Gasteiger partial charge in [-0.1, -0.05) is 12.1 Å². The van der Waals surface area contributed by atoms with Crippen LogP contribution in [0.5, 0.6) is 0 Å². The summed E-state index contributed by atoms with van der Waals surface area (Å²) in [6, 6.07) is 4.70. The number of nitrogens with one attached hydrogen (secondary N) is 1. The minimum atomic E-state index is -4.41. The molecule has 0 aliphatic heterocycles. The lowest BCUT2D eigenvalue weighted by molar-refractivity contribution is -0.137. The van der Waals surface area contributed by atoms with E-state index in [4.69, 9.17) is 0 Å². The number of aliphatic hydroxyl groups is 1. The number of aryl methyl sites for hydroxylation is 2. The van der Waals surface area contributed by atoms with Gasteiger partial charge in [0, 0.05) is 19.8 Å². The van der Waals surface area contributed by atoms with Crippen molar-refractivity contribution in [2.24, 2.45) is 7.05 Å². The molecule has 0 bridgehead atoms. The van der Waals surface area contributed by atoms with Gasteiger partial charge in [-0.25, -0.2) is 0 Å². The summed E-state index contributed by atoms with van der Waals surface area (Å²) in [4.78, 5) is 0. The molecule has 1 heterocycles. The summed E-state index contributed by atoms with van der Waals surface area (Å²) < 4.78 is 39.5. The van der Waals surface area contributed by atoms with Gasteiger partial charge in [0.25, 0.3) is 0 Å². The first-order valence-electron chi connectivity index (χ1n) is 6.36. The molecule has 0 saturated carbocycles. The number of aromatic nitrogens is 2. The molecule has 21 heavy (non-hydrogen) atoms. The van der Waals surface area contributed by atoms with E-state index in [1.165, 1.54) is 12.1 Å². The second kappa shape index (κ2) is 5.77. The zero-order valence-electron chi connectivity index (χ0n) is 11.6. The number of rotatable bonds is 4. The molecule has 7 heteroatoms. The molecule has 1 atom stereocenters. The predicted molar refractivity (Wildman–Crippen MR) is 72.8 cm³/mol. The Morgan fingerprint density at radius 1 is 1.38 bits per heavy atom. The smallest absolute Gasteiger partial charge is 0.387 e. The van der Waals surface area contributed by atoms with Crippen molar-refractivity contribution in [3.8, 4) is 0 Å². The van der Waals surface area contributed by atoms with Crippen molar-refractivity contribution >= 4 is 5.69 Å². The number of benzene rings is 1. The van der Waals surface area contributed by atoms with Crippen molar-refractivity contribution < 1.29 is 18.3 Å². The summed E-state index contributed by atoms with van der Waals surface area (Å²) in [5.74, 6) is 0. The number of hydrogen-bond donors (Lipinski definition) is 2. The van der Waals surface area contributed by atoms with Crippen LogP contribution in [0.2, 0.25) is 0 Å². The van der Waals surface area contributed by atoms with Crippen LogP contribution < -0.4 is 5.32 Å². The van der Waals surface area contributed by atoms with E-state index in [1.54, 1.807) is 24.9 Å². The van der Waals surface area contributed by atoms with Gasteiger partial charge in [-0.15, -0.1) is 0 Å². The van der Waals surface area contributed by atoms with E-state index in [-0.39, 0.29) is 12.1 Å². The fourth-order valence-corrected chi connectivity index (χ4v) is 2.02. The third-order valence-corrected chi connectivity index (χ3v) is 3.10. The second-order valence-corrected chi connectivity index (χ2v) is 4.82. The maximum absolute atomic E-state index is 12.6. The quantitative estimate of drug-likeness (QED) is 0.912. The van der Waals surface area contributed by atoms with Crippen LogP contribution in [0.1, 0.15) is 22.9 Å². The average molecular weight is 299 g/mol. The minimum absolute atomic E-state index is 0.105. The Kier molecular flexibility index (Phi) is 4.22. The van der Waals surface area contributed by atoms with Crippen LogP contribution in [0.25, 0.3) is 0 Å². The molecule has 1 unspecified atom stereocenters. The molecule has 4 nitrogen and oxygen atoms in total. The Hall–Kier alpha value is -2.02. The van der Waals surface area contributed by atoms with E-state index in [9.17, 15) is 18.3 Å². The topological polar surface area (TPSA) is 50.1 Å². The summed E-state index contributed by atoms with van der Waals surface area (Å²) in [5, 5.41) is 17.1. The molecule has 0 radical (unpaired) electrons. The summed E-state index contributed by atoms with van der Waals surface area (Å²) in [6.45, 7) is 1.91. The fraction of sp³-hybridized carbons (Fsp3) is 0.357. The number of halogens is 3. The van der Waals surface area contributed by atoms with E-state index in [0.29, 0.717) is 0 Å². The van der Waals surface area contributed by atoms with Crippen LogP contribution >= 0.6 is 0 Å². The average Bonchev–Trinajstić information content (AvgIpc) is 2.73. The molecule has 0 saturated heterocycles. The molecule has 0 aliphatic rings. The Morgan fingerprint density at radius 2 is 2.10 bits per heavy atom. The summed E-state index contributed by atoms with van der Waals surface area (Å²) in [7, 11) is 1.77. The summed E-state index contributed by atoms with van der Waals surface area (Å²) in [5.41, 5.74) is 0.952. The highest BCUT2D eigenvalue weighted by Gasteiger charge is 2.30. The molecule has 114 valence electrons. The molecule has 2 aromatic rings. The van der Waals surface area contributed by atoms with Crippen molar-refractivity contribution in [1.82, 2.24) is 9.78 Å². The summed E-state index contributed by atoms with van der Waals surface area (Å²) >= 11 is 0. The summed E-state index contributed by atoms with van der Waals surface area (Å²) in [6.07, 6.45) is -3.70. The van der Waals surface area contributed by atoms with Crippen molar-refractivity contribution in [3.05, 3.63) is 47.3 Å². The largest absolute Gasteiger partial charge is 0.416 e. The van der Waals surface area contributed by atoms with Gasteiger partial charge >= 0.3 is 6.18 Å². The highest BCUT2D eigenvalue weighted by molar-refractivity contribution is 5.45. The molecule has 1 aromatic heterocycles. The third kappa shape index (κ3) is 3.75. The Balaban J connectivity index is 2.07. The lowest BCUT2D eigenvalue weighted by Gasteiger charge is -2.14. The molecule has 0 amide bonds. The molecular formula is C14H16F3N3O. The van der Waals surface area contributed by atoms with Gasteiger partial charge in [-0.05, 0) is 24.6 Å². The van der Waals surface area contributed by atoms with Gasteiger partial charge in [0.1, 0.15) is 0 Å². The van der Waals surface area contributed by atoms with Crippen molar-refractivity contribution in [3.63, 3.8) is 0 Å². The van der Waals surface area contributed by atoms with Crippen LogP contribution in [0, 0.1) is 6.92 Å². The van der Waals surface area contributed by atoms with E-state index in [0.717, 1.165) is 23.5 Å². The van der Waals surface area contributed by atoms with Gasteiger partial charge in [0.15, 0.2) is 0 Å². The maximum Gasteiger partial charge on any atom is 0.416 e. The highest BCUT2D eigenvalue weighted by atomic mass is 19.4. The van der Waals surface area contributed by atoms with Crippen LogP contribution in [0.3, 0.4) is 0 Å². The number of nitrogens with zero attached hydrogens (tertiary/aromatic N) is 2. The van der Waals surface area contributed by atoms with Crippen LogP contribution in [0.15, 0.2) is 30.5 Å². The van der Waals surface area contributed by atoms with E-state index < -0.39 is 17.8 Å². The van der Waals surface area contributed by atoms with Gasteiger partial charge in [0.05, 0.1) is 23.0 Å². The first-order valence-corrected chi connectivity index (χ1v) is 6.36. The SMILES string of the molecule is Cc1nn(C)cc1NCC(O)c1cccc(C(F)(F)F)c1.